The largest absolute Gasteiger partial charge is 0.280 e. The normalized spacial score (nSPS) is 11.4. The molecule has 1 N–H and O–H groups in total. The minimum atomic E-state index is -3.60. The van der Waals surface area contributed by atoms with Crippen molar-refractivity contribution in [3.05, 3.63) is 95.6 Å². The number of para-hydroxylation sites is 1. The molecule has 3 aromatic rings. The fourth-order valence-electron chi connectivity index (χ4n) is 3.04. The van der Waals surface area contributed by atoms with E-state index in [0.717, 1.165) is 16.8 Å². The smallest absolute Gasteiger partial charge is 0.261 e. The number of nitrogens with one attached hydrogen (secondary N) is 1. The van der Waals surface area contributed by atoms with E-state index in [-0.39, 0.29) is 4.90 Å². The van der Waals surface area contributed by atoms with Gasteiger partial charge in [0.05, 0.1) is 4.90 Å². The van der Waals surface area contributed by atoms with Gasteiger partial charge in [-0.3, -0.25) is 4.72 Å². The van der Waals surface area contributed by atoms with Crippen LogP contribution in [0.15, 0.2) is 83.8 Å². The first-order valence-corrected chi connectivity index (χ1v) is 11.5. The minimum Gasteiger partial charge on any atom is -0.280 e. The Morgan fingerprint density at radius 3 is 1.86 bits per heavy atom. The van der Waals surface area contributed by atoms with Crippen LogP contribution in [0.5, 0.6) is 0 Å². The van der Waals surface area contributed by atoms with Crippen molar-refractivity contribution in [2.24, 2.45) is 0 Å². The highest BCUT2D eigenvalue weighted by Gasteiger charge is 2.14. The molecule has 0 saturated carbocycles. The summed E-state index contributed by atoms with van der Waals surface area (Å²) in [5.41, 5.74) is 4.07. The number of hydrogen-bond donors (Lipinski definition) is 1. The molecular weight excluding hydrogens is 398 g/mol. The molecule has 0 aliphatic rings. The Morgan fingerprint density at radius 2 is 1.34 bits per heavy atom. The third-order valence-corrected chi connectivity index (χ3v) is 6.39. The fourth-order valence-corrected chi connectivity index (χ4v) is 4.44. The second kappa shape index (κ2) is 9.33. The van der Waals surface area contributed by atoms with Crippen LogP contribution in [-0.2, 0) is 22.9 Å². The highest BCUT2D eigenvalue weighted by Crippen LogP contribution is 2.18. The van der Waals surface area contributed by atoms with Crippen LogP contribution in [0.1, 0.15) is 36.5 Å². The molecule has 0 unspecified atom stereocenters. The van der Waals surface area contributed by atoms with Crippen LogP contribution >= 0.6 is 12.2 Å². The lowest BCUT2D eigenvalue weighted by Gasteiger charge is -2.10. The topological polar surface area (TPSA) is 46.2 Å². The van der Waals surface area contributed by atoms with Gasteiger partial charge in [0.2, 0.25) is 0 Å². The minimum absolute atomic E-state index is 0.236. The van der Waals surface area contributed by atoms with Crippen LogP contribution in [0.25, 0.3) is 0 Å². The summed E-state index contributed by atoms with van der Waals surface area (Å²) in [4.78, 5) is 1.17. The lowest BCUT2D eigenvalue weighted by molar-refractivity contribution is 0.601. The van der Waals surface area contributed by atoms with Crippen LogP contribution in [-0.4, -0.2) is 13.3 Å². The summed E-state index contributed by atoms with van der Waals surface area (Å²) >= 11 is 5.56. The summed E-state index contributed by atoms with van der Waals surface area (Å²) in [6.45, 7) is 4.36. The van der Waals surface area contributed by atoms with Gasteiger partial charge < -0.3 is 0 Å². The van der Waals surface area contributed by atoms with Gasteiger partial charge in [-0.1, -0.05) is 80.7 Å². The quantitative estimate of drug-likeness (QED) is 0.468. The van der Waals surface area contributed by atoms with Crippen LogP contribution in [0.4, 0.5) is 5.69 Å². The summed E-state index contributed by atoms with van der Waals surface area (Å²) in [5.74, 6) is 0.516. The van der Waals surface area contributed by atoms with Crippen LogP contribution in [0.3, 0.4) is 0 Å². The molecule has 3 nitrogen and oxygen atoms in total. The second-order valence-corrected chi connectivity index (χ2v) is 9.66. The van der Waals surface area contributed by atoms with E-state index >= 15 is 0 Å². The van der Waals surface area contributed by atoms with Crippen molar-refractivity contribution in [2.45, 2.75) is 37.5 Å². The zero-order valence-electron chi connectivity index (χ0n) is 16.6. The van der Waals surface area contributed by atoms with E-state index in [1.54, 1.807) is 36.4 Å². The van der Waals surface area contributed by atoms with E-state index < -0.39 is 10.0 Å². The third kappa shape index (κ3) is 5.99. The van der Waals surface area contributed by atoms with Gasteiger partial charge in [-0.2, -0.15) is 0 Å². The van der Waals surface area contributed by atoms with Gasteiger partial charge in [0.15, 0.2) is 0 Å². The van der Waals surface area contributed by atoms with Gasteiger partial charge >= 0.3 is 0 Å². The van der Waals surface area contributed by atoms with Crippen molar-refractivity contribution in [3.8, 4) is 0 Å². The Balaban J connectivity index is 1.61. The zero-order valence-corrected chi connectivity index (χ0v) is 18.3. The maximum Gasteiger partial charge on any atom is 0.261 e. The summed E-state index contributed by atoms with van der Waals surface area (Å²) in [5, 5.41) is 0. The highest BCUT2D eigenvalue weighted by atomic mass is 32.2. The maximum atomic E-state index is 12.5. The van der Waals surface area contributed by atoms with E-state index in [2.05, 4.69) is 42.8 Å². The lowest BCUT2D eigenvalue weighted by Crippen LogP contribution is -2.13. The Bertz CT molecular complexity index is 1060. The first kappa shape index (κ1) is 21.2. The molecule has 0 spiro atoms. The summed E-state index contributed by atoms with van der Waals surface area (Å²) in [6, 6.07) is 24.3. The first-order valence-electron chi connectivity index (χ1n) is 9.61. The van der Waals surface area contributed by atoms with Gasteiger partial charge in [-0.25, -0.2) is 8.42 Å². The van der Waals surface area contributed by atoms with Crippen LogP contribution < -0.4 is 4.72 Å². The first-order chi connectivity index (χ1) is 13.8. The number of anilines is 1. The Labute approximate surface area is 178 Å². The molecule has 0 aliphatic heterocycles. The molecule has 0 aliphatic carbocycles. The van der Waals surface area contributed by atoms with Crippen LogP contribution in [0.2, 0.25) is 0 Å². The van der Waals surface area contributed by atoms with E-state index in [1.165, 1.54) is 11.1 Å². The van der Waals surface area contributed by atoms with Crippen molar-refractivity contribution in [2.75, 3.05) is 4.72 Å². The summed E-state index contributed by atoms with van der Waals surface area (Å²) in [7, 11) is -3.60. The molecule has 0 fully saturated rings. The molecule has 3 rings (SSSR count). The number of hydrogen-bond acceptors (Lipinski definition) is 3. The Morgan fingerprint density at radius 1 is 0.828 bits per heavy atom. The van der Waals surface area contributed by atoms with E-state index in [0.29, 0.717) is 18.0 Å². The molecular formula is C24H25NO2S2. The van der Waals surface area contributed by atoms with Crippen molar-refractivity contribution < 1.29 is 8.42 Å². The van der Waals surface area contributed by atoms with E-state index in [9.17, 15) is 8.42 Å². The van der Waals surface area contributed by atoms with Crippen molar-refractivity contribution in [1.82, 2.24) is 0 Å². The average Bonchev–Trinajstić information content (AvgIpc) is 2.69. The molecule has 0 aromatic heterocycles. The predicted octanol–water partition coefficient (Wildman–Crippen LogP) is 5.77. The number of thiocarbonyl (C=S) groups is 1. The van der Waals surface area contributed by atoms with E-state index in [4.69, 9.17) is 12.2 Å². The molecule has 0 bridgehead atoms. The fraction of sp³-hybridized carbons (Fsp3) is 0.208. The van der Waals surface area contributed by atoms with Gasteiger partial charge in [0, 0.05) is 23.4 Å². The molecule has 0 amide bonds. The number of rotatable bonds is 8. The molecule has 0 heterocycles. The molecule has 0 atom stereocenters. The van der Waals surface area contributed by atoms with Gasteiger partial charge in [-0.05, 0) is 46.9 Å². The standard InChI is InChI=1S/C24H25NO2S2/c1-18(2)21-12-8-19(9-13-21)16-23(28)17-20-10-14-24(15-11-20)29(26,27)25-22-6-4-3-5-7-22/h3-15,18,25H,16-17H2,1-2H3. The molecule has 150 valence electrons. The SMILES string of the molecule is CC(C)c1ccc(CC(=S)Cc2ccc(S(=O)(=O)Nc3ccccc3)cc2)cc1. The highest BCUT2D eigenvalue weighted by molar-refractivity contribution is 7.92. The van der Waals surface area contributed by atoms with Crippen molar-refractivity contribution in [3.63, 3.8) is 0 Å². The van der Waals surface area contributed by atoms with Gasteiger partial charge in [-0.15, -0.1) is 0 Å². The Kier molecular flexibility index (Phi) is 6.83. The maximum absolute atomic E-state index is 12.5. The second-order valence-electron chi connectivity index (χ2n) is 7.40. The predicted molar refractivity (Wildman–Crippen MR) is 124 cm³/mol. The molecule has 0 radical (unpaired) electrons. The van der Waals surface area contributed by atoms with E-state index in [1.807, 2.05) is 18.2 Å². The zero-order chi connectivity index (χ0) is 20.9. The van der Waals surface area contributed by atoms with Crippen LogP contribution in [0, 0.1) is 0 Å². The Hall–Kier alpha value is -2.50. The third-order valence-electron chi connectivity index (χ3n) is 4.71. The molecule has 0 saturated heterocycles. The van der Waals surface area contributed by atoms with Gasteiger partial charge in [0.25, 0.3) is 10.0 Å². The monoisotopic (exact) mass is 423 g/mol. The van der Waals surface area contributed by atoms with Gasteiger partial charge in [0.1, 0.15) is 0 Å². The summed E-state index contributed by atoms with van der Waals surface area (Å²) < 4.78 is 27.6. The summed E-state index contributed by atoms with van der Waals surface area (Å²) in [6.07, 6.45) is 1.39. The van der Waals surface area contributed by atoms with Crippen molar-refractivity contribution >= 4 is 32.8 Å². The molecule has 3 aromatic carbocycles. The van der Waals surface area contributed by atoms with Crippen molar-refractivity contribution in [1.29, 1.82) is 0 Å². The number of sulfonamides is 1. The molecule has 29 heavy (non-hydrogen) atoms. The molecule has 5 heteroatoms. The average molecular weight is 424 g/mol. The number of benzene rings is 3. The lowest BCUT2D eigenvalue weighted by atomic mass is 9.99.